The van der Waals surface area contributed by atoms with Gasteiger partial charge in [0.05, 0.1) is 17.9 Å². The van der Waals surface area contributed by atoms with E-state index in [1.165, 1.54) is 10.9 Å². The van der Waals surface area contributed by atoms with E-state index < -0.39 is 11.0 Å². The fourth-order valence-corrected chi connectivity index (χ4v) is 1.16. The van der Waals surface area contributed by atoms with Crippen molar-refractivity contribution in [2.75, 3.05) is 20.6 Å². The molecule has 0 aliphatic carbocycles. The molecule has 1 rings (SSSR count). The molecule has 1 unspecified atom stereocenters. The van der Waals surface area contributed by atoms with Crippen molar-refractivity contribution in [3.63, 3.8) is 0 Å². The van der Waals surface area contributed by atoms with Crippen LogP contribution in [0, 0.1) is 10.1 Å². The molecule has 8 heteroatoms. The van der Waals surface area contributed by atoms with Crippen LogP contribution in [0.1, 0.15) is 0 Å². The maximum Gasteiger partial charge on any atom is 0.410 e. The van der Waals surface area contributed by atoms with Gasteiger partial charge in [-0.2, -0.15) is 0 Å². The minimum atomic E-state index is -0.624. The largest absolute Gasteiger partial charge is 0.410 e. The Morgan fingerprint density at radius 2 is 2.40 bits per heavy atom. The highest BCUT2D eigenvalue weighted by Gasteiger charge is 2.14. The number of aromatic nitrogens is 3. The smallest absolute Gasteiger partial charge is 0.390 e. The third-order valence-corrected chi connectivity index (χ3v) is 1.69. The normalized spacial score (nSPS) is 13.1. The summed E-state index contributed by atoms with van der Waals surface area (Å²) in [5, 5.41) is 26.7. The number of aliphatic hydroxyl groups is 1. The van der Waals surface area contributed by atoms with E-state index in [2.05, 4.69) is 10.3 Å². The molecule has 1 N–H and O–H groups in total. The third kappa shape index (κ3) is 3.60. The molecule has 1 aromatic rings. The number of hydrogen-bond donors (Lipinski definition) is 1. The summed E-state index contributed by atoms with van der Waals surface area (Å²) < 4.78 is 1.26. The standard InChI is InChI=1S/C7H13N5O3/c1-10(2)3-6(13)4-11-5-7(8-9-11)12(14)15/h5-6,13H,3-4H2,1-2H3. The molecule has 84 valence electrons. The second-order valence-electron chi connectivity index (χ2n) is 3.47. The molecule has 0 aromatic carbocycles. The van der Waals surface area contributed by atoms with Gasteiger partial charge in [-0.1, -0.05) is 0 Å². The summed E-state index contributed by atoms with van der Waals surface area (Å²) in [5.41, 5.74) is 0. The maximum absolute atomic E-state index is 10.3. The molecule has 1 heterocycles. The van der Waals surface area contributed by atoms with E-state index in [1.807, 2.05) is 19.0 Å². The molecule has 0 radical (unpaired) electrons. The Kier molecular flexibility index (Phi) is 3.69. The van der Waals surface area contributed by atoms with Crippen LogP contribution in [0.5, 0.6) is 0 Å². The second-order valence-corrected chi connectivity index (χ2v) is 3.47. The number of likely N-dealkylation sites (N-methyl/N-ethyl adjacent to an activating group) is 1. The van der Waals surface area contributed by atoms with Gasteiger partial charge in [0, 0.05) is 6.54 Å². The topological polar surface area (TPSA) is 97.3 Å². The molecule has 0 aliphatic rings. The SMILES string of the molecule is CN(C)CC(O)Cn1cc([N+](=O)[O-])nn1. The van der Waals surface area contributed by atoms with Crippen molar-refractivity contribution in [2.24, 2.45) is 0 Å². The van der Waals surface area contributed by atoms with E-state index in [0.717, 1.165) is 0 Å². The van der Waals surface area contributed by atoms with Crippen LogP contribution in [-0.2, 0) is 6.54 Å². The Hall–Kier alpha value is -1.54. The van der Waals surface area contributed by atoms with Gasteiger partial charge in [0.2, 0.25) is 0 Å². The third-order valence-electron chi connectivity index (χ3n) is 1.69. The highest BCUT2D eigenvalue weighted by Crippen LogP contribution is 2.03. The van der Waals surface area contributed by atoms with E-state index in [1.54, 1.807) is 0 Å². The zero-order chi connectivity index (χ0) is 11.4. The van der Waals surface area contributed by atoms with Crippen LogP contribution in [0.2, 0.25) is 0 Å². The fourth-order valence-electron chi connectivity index (χ4n) is 1.16. The minimum absolute atomic E-state index is 0.193. The van der Waals surface area contributed by atoms with Crippen LogP contribution in [-0.4, -0.2) is 56.7 Å². The Bertz CT molecular complexity index is 337. The van der Waals surface area contributed by atoms with Gasteiger partial charge < -0.3 is 20.1 Å². The number of nitro groups is 1. The zero-order valence-electron chi connectivity index (χ0n) is 8.57. The van der Waals surface area contributed by atoms with Gasteiger partial charge >= 0.3 is 5.82 Å². The molecule has 0 aliphatic heterocycles. The zero-order valence-corrected chi connectivity index (χ0v) is 8.57. The molecule has 1 aromatic heterocycles. The lowest BCUT2D eigenvalue weighted by molar-refractivity contribution is -0.389. The summed E-state index contributed by atoms with van der Waals surface area (Å²) in [4.78, 5) is 11.5. The summed E-state index contributed by atoms with van der Waals surface area (Å²) in [6.07, 6.45) is 0.570. The van der Waals surface area contributed by atoms with Crippen LogP contribution >= 0.6 is 0 Å². The molecule has 0 saturated carbocycles. The lowest BCUT2D eigenvalue weighted by atomic mass is 10.3. The van der Waals surface area contributed by atoms with Crippen molar-refractivity contribution < 1.29 is 10.0 Å². The number of aliphatic hydroxyl groups excluding tert-OH is 1. The summed E-state index contributed by atoms with van der Waals surface area (Å²) in [7, 11) is 3.65. The molecular formula is C7H13N5O3. The maximum atomic E-state index is 10.3. The van der Waals surface area contributed by atoms with Crippen LogP contribution < -0.4 is 0 Å². The van der Waals surface area contributed by atoms with Crippen LogP contribution in [0.15, 0.2) is 6.20 Å². The van der Waals surface area contributed by atoms with Gasteiger partial charge in [0.15, 0.2) is 0 Å². The van der Waals surface area contributed by atoms with Gasteiger partial charge in [-0.15, -0.1) is 0 Å². The summed E-state index contributed by atoms with van der Waals surface area (Å²) in [5.74, 6) is -0.313. The molecule has 15 heavy (non-hydrogen) atoms. The monoisotopic (exact) mass is 215 g/mol. The molecule has 0 amide bonds. The first-order valence-electron chi connectivity index (χ1n) is 4.36. The molecule has 1 atom stereocenters. The van der Waals surface area contributed by atoms with Crippen LogP contribution in [0.25, 0.3) is 0 Å². The Morgan fingerprint density at radius 3 is 2.87 bits per heavy atom. The number of hydrogen-bond acceptors (Lipinski definition) is 6. The summed E-state index contributed by atoms with van der Waals surface area (Å²) in [6.45, 7) is 0.659. The molecule has 0 saturated heterocycles. The number of nitrogens with zero attached hydrogens (tertiary/aromatic N) is 5. The molecule has 0 fully saturated rings. The molecule has 8 nitrogen and oxygen atoms in total. The predicted molar refractivity (Wildman–Crippen MR) is 51.2 cm³/mol. The Morgan fingerprint density at radius 1 is 1.73 bits per heavy atom. The van der Waals surface area contributed by atoms with Gasteiger partial charge in [-0.05, 0) is 19.0 Å². The Balaban J connectivity index is 2.53. The molecule has 0 bridgehead atoms. The van der Waals surface area contributed by atoms with Gasteiger partial charge in [0.1, 0.15) is 11.3 Å². The van der Waals surface area contributed by atoms with Crippen molar-refractivity contribution in [2.45, 2.75) is 12.6 Å². The van der Waals surface area contributed by atoms with Crippen molar-refractivity contribution in [3.05, 3.63) is 16.3 Å². The van der Waals surface area contributed by atoms with E-state index in [9.17, 15) is 15.2 Å². The first-order chi connectivity index (χ1) is 6.99. The Labute approximate surface area is 86.3 Å². The summed E-state index contributed by atoms with van der Waals surface area (Å²) in [6, 6.07) is 0. The first-order valence-corrected chi connectivity index (χ1v) is 4.36. The van der Waals surface area contributed by atoms with Crippen molar-refractivity contribution >= 4 is 5.82 Å². The van der Waals surface area contributed by atoms with Crippen LogP contribution in [0.4, 0.5) is 5.82 Å². The van der Waals surface area contributed by atoms with Gasteiger partial charge in [0.25, 0.3) is 0 Å². The van der Waals surface area contributed by atoms with Gasteiger partial charge in [-0.25, -0.2) is 4.68 Å². The van der Waals surface area contributed by atoms with Crippen LogP contribution in [0.3, 0.4) is 0 Å². The quantitative estimate of drug-likeness (QED) is 0.505. The van der Waals surface area contributed by atoms with Gasteiger partial charge in [-0.3, -0.25) is 0 Å². The number of rotatable bonds is 5. The van der Waals surface area contributed by atoms with Crippen molar-refractivity contribution in [3.8, 4) is 0 Å². The first kappa shape index (κ1) is 11.5. The lowest BCUT2D eigenvalue weighted by Crippen LogP contribution is -2.29. The molecule has 0 spiro atoms. The second kappa shape index (κ2) is 4.80. The highest BCUT2D eigenvalue weighted by atomic mass is 16.6. The summed E-state index contributed by atoms with van der Waals surface area (Å²) >= 11 is 0. The van der Waals surface area contributed by atoms with E-state index >= 15 is 0 Å². The van der Waals surface area contributed by atoms with E-state index in [0.29, 0.717) is 6.54 Å². The van der Waals surface area contributed by atoms with Crippen molar-refractivity contribution in [1.82, 2.24) is 19.9 Å². The molecular weight excluding hydrogens is 202 g/mol. The lowest BCUT2D eigenvalue weighted by Gasteiger charge is -2.14. The van der Waals surface area contributed by atoms with E-state index in [4.69, 9.17) is 0 Å². The fraction of sp³-hybridized carbons (Fsp3) is 0.714. The van der Waals surface area contributed by atoms with E-state index in [-0.39, 0.29) is 12.4 Å². The predicted octanol–water partition coefficient (Wildman–Crippen LogP) is -0.891. The average Bonchev–Trinajstić information content (AvgIpc) is 2.50. The highest BCUT2D eigenvalue weighted by molar-refractivity contribution is 5.08. The minimum Gasteiger partial charge on any atom is -0.390 e. The van der Waals surface area contributed by atoms with Crippen molar-refractivity contribution in [1.29, 1.82) is 0 Å². The average molecular weight is 215 g/mol.